The second-order valence-electron chi connectivity index (χ2n) is 6.38. The van der Waals surface area contributed by atoms with Crippen molar-refractivity contribution in [1.82, 2.24) is 10.6 Å². The maximum absolute atomic E-state index is 12.6. The molecule has 0 aliphatic carbocycles. The van der Waals surface area contributed by atoms with Crippen LogP contribution in [0.5, 0.6) is 0 Å². The van der Waals surface area contributed by atoms with Gasteiger partial charge in [-0.15, -0.1) is 0 Å². The Morgan fingerprint density at radius 3 is 2.33 bits per heavy atom. The molecule has 0 radical (unpaired) electrons. The number of nitrogens with one attached hydrogen (secondary N) is 2. The minimum atomic E-state index is -0.522. The summed E-state index contributed by atoms with van der Waals surface area (Å²) in [6.45, 7) is 2.63. The predicted octanol–water partition coefficient (Wildman–Crippen LogP) is 3.46. The van der Waals surface area contributed by atoms with Crippen molar-refractivity contribution in [2.45, 2.75) is 32.2 Å². The van der Waals surface area contributed by atoms with Crippen molar-refractivity contribution >= 4 is 23.6 Å². The lowest BCUT2D eigenvalue weighted by molar-refractivity contribution is -0.122. The molecule has 1 unspecified atom stereocenters. The van der Waals surface area contributed by atoms with Crippen LogP contribution in [0.4, 0.5) is 0 Å². The molecule has 0 aliphatic rings. The SMILES string of the molecule is CCc1ccc(C(=O)NC(CCSC)C(=O)NCCc2ccccc2)cc1. The van der Waals surface area contributed by atoms with Crippen LogP contribution in [0, 0.1) is 0 Å². The highest BCUT2D eigenvalue weighted by Gasteiger charge is 2.20. The van der Waals surface area contributed by atoms with Crippen LogP contribution in [-0.2, 0) is 17.6 Å². The number of hydrogen-bond acceptors (Lipinski definition) is 3. The van der Waals surface area contributed by atoms with Gasteiger partial charge in [0, 0.05) is 12.1 Å². The smallest absolute Gasteiger partial charge is 0.251 e. The maximum atomic E-state index is 12.6. The highest BCUT2D eigenvalue weighted by atomic mass is 32.2. The van der Waals surface area contributed by atoms with Crippen molar-refractivity contribution in [1.29, 1.82) is 0 Å². The minimum Gasteiger partial charge on any atom is -0.354 e. The molecular formula is C22H28N2O2S. The normalized spacial score (nSPS) is 11.6. The van der Waals surface area contributed by atoms with Gasteiger partial charge >= 0.3 is 0 Å². The van der Waals surface area contributed by atoms with Gasteiger partial charge in [0.05, 0.1) is 0 Å². The first kappa shape index (κ1) is 21.0. The summed E-state index contributed by atoms with van der Waals surface area (Å²) >= 11 is 1.66. The van der Waals surface area contributed by atoms with Gasteiger partial charge in [-0.3, -0.25) is 9.59 Å². The summed E-state index contributed by atoms with van der Waals surface area (Å²) in [4.78, 5) is 25.1. The first-order valence-corrected chi connectivity index (χ1v) is 10.7. The van der Waals surface area contributed by atoms with E-state index in [4.69, 9.17) is 0 Å². The van der Waals surface area contributed by atoms with E-state index >= 15 is 0 Å². The molecule has 0 fully saturated rings. The zero-order valence-electron chi connectivity index (χ0n) is 16.0. The molecule has 4 nitrogen and oxygen atoms in total. The molecule has 2 aromatic rings. The van der Waals surface area contributed by atoms with Gasteiger partial charge in [-0.2, -0.15) is 11.8 Å². The number of aryl methyl sites for hydroxylation is 1. The molecule has 0 aromatic heterocycles. The summed E-state index contributed by atoms with van der Waals surface area (Å²) < 4.78 is 0. The Kier molecular flexibility index (Phi) is 8.92. The van der Waals surface area contributed by atoms with Crippen LogP contribution in [-0.4, -0.2) is 36.4 Å². The van der Waals surface area contributed by atoms with Crippen molar-refractivity contribution in [3.8, 4) is 0 Å². The average Bonchev–Trinajstić information content (AvgIpc) is 2.71. The molecule has 2 N–H and O–H groups in total. The molecule has 27 heavy (non-hydrogen) atoms. The minimum absolute atomic E-state index is 0.126. The summed E-state index contributed by atoms with van der Waals surface area (Å²) in [7, 11) is 0. The van der Waals surface area contributed by atoms with Crippen LogP contribution < -0.4 is 10.6 Å². The van der Waals surface area contributed by atoms with Gasteiger partial charge in [0.15, 0.2) is 0 Å². The van der Waals surface area contributed by atoms with E-state index in [1.54, 1.807) is 11.8 Å². The zero-order chi connectivity index (χ0) is 19.5. The second-order valence-corrected chi connectivity index (χ2v) is 7.37. The largest absolute Gasteiger partial charge is 0.354 e. The van der Waals surface area contributed by atoms with Gasteiger partial charge in [-0.1, -0.05) is 49.4 Å². The Bertz CT molecular complexity index is 717. The van der Waals surface area contributed by atoms with Crippen LogP contribution in [0.25, 0.3) is 0 Å². The molecule has 5 heteroatoms. The summed E-state index contributed by atoms with van der Waals surface area (Å²) in [5.41, 5.74) is 2.95. The number of thioether (sulfide) groups is 1. The topological polar surface area (TPSA) is 58.2 Å². The summed E-state index contributed by atoms with van der Waals surface area (Å²) in [5, 5.41) is 5.84. The number of carbonyl (C=O) groups is 2. The van der Waals surface area contributed by atoms with Crippen molar-refractivity contribution < 1.29 is 9.59 Å². The van der Waals surface area contributed by atoms with Gasteiger partial charge < -0.3 is 10.6 Å². The summed E-state index contributed by atoms with van der Waals surface area (Å²) in [6, 6.07) is 17.0. The highest BCUT2D eigenvalue weighted by molar-refractivity contribution is 7.98. The molecule has 0 spiro atoms. The first-order chi connectivity index (χ1) is 13.1. The lowest BCUT2D eigenvalue weighted by Crippen LogP contribution is -2.47. The highest BCUT2D eigenvalue weighted by Crippen LogP contribution is 2.07. The summed E-state index contributed by atoms with van der Waals surface area (Å²) in [5.74, 6) is 0.478. The second kappa shape index (κ2) is 11.4. The van der Waals surface area contributed by atoms with E-state index in [0.717, 1.165) is 18.6 Å². The van der Waals surface area contributed by atoms with E-state index in [1.807, 2.05) is 60.9 Å². The van der Waals surface area contributed by atoms with Crippen molar-refractivity contribution in [3.63, 3.8) is 0 Å². The van der Waals surface area contributed by atoms with Crippen molar-refractivity contribution in [3.05, 3.63) is 71.3 Å². The molecular weight excluding hydrogens is 356 g/mol. The number of hydrogen-bond donors (Lipinski definition) is 2. The Morgan fingerprint density at radius 2 is 1.70 bits per heavy atom. The predicted molar refractivity (Wildman–Crippen MR) is 113 cm³/mol. The quantitative estimate of drug-likeness (QED) is 0.660. The van der Waals surface area contributed by atoms with E-state index in [2.05, 4.69) is 17.6 Å². The lowest BCUT2D eigenvalue weighted by Gasteiger charge is -2.18. The summed E-state index contributed by atoms with van der Waals surface area (Å²) in [6.07, 6.45) is 4.31. The molecule has 2 amide bonds. The van der Waals surface area contributed by atoms with E-state index in [1.165, 1.54) is 11.1 Å². The van der Waals surface area contributed by atoms with Crippen molar-refractivity contribution in [2.75, 3.05) is 18.6 Å². The molecule has 0 bridgehead atoms. The van der Waals surface area contributed by atoms with Gasteiger partial charge in [0.25, 0.3) is 5.91 Å². The standard InChI is InChI=1S/C22H28N2O2S/c1-3-17-9-11-19(12-10-17)21(25)24-20(14-16-27-2)22(26)23-15-13-18-7-5-4-6-8-18/h4-12,20H,3,13-16H2,1-2H3,(H,23,26)(H,24,25). The molecule has 0 heterocycles. The number of rotatable bonds is 10. The fourth-order valence-corrected chi connectivity index (χ4v) is 3.21. The van der Waals surface area contributed by atoms with Gasteiger partial charge in [0.1, 0.15) is 6.04 Å². The Morgan fingerprint density at radius 1 is 1.00 bits per heavy atom. The Hall–Kier alpha value is -2.27. The van der Waals surface area contributed by atoms with E-state index in [-0.39, 0.29) is 11.8 Å². The third-order valence-electron chi connectivity index (χ3n) is 4.41. The maximum Gasteiger partial charge on any atom is 0.251 e. The van der Waals surface area contributed by atoms with E-state index in [9.17, 15) is 9.59 Å². The number of benzene rings is 2. The fourth-order valence-electron chi connectivity index (χ4n) is 2.74. The first-order valence-electron chi connectivity index (χ1n) is 9.34. The third-order valence-corrected chi connectivity index (χ3v) is 5.06. The lowest BCUT2D eigenvalue weighted by atomic mass is 10.1. The van der Waals surface area contributed by atoms with Gasteiger partial charge in [-0.25, -0.2) is 0 Å². The molecule has 1 atom stereocenters. The Balaban J connectivity index is 1.91. The van der Waals surface area contributed by atoms with Crippen LogP contribution >= 0.6 is 11.8 Å². The molecule has 144 valence electrons. The van der Waals surface area contributed by atoms with Gasteiger partial charge in [-0.05, 0) is 54.5 Å². The molecule has 0 saturated heterocycles. The van der Waals surface area contributed by atoms with Crippen molar-refractivity contribution in [2.24, 2.45) is 0 Å². The van der Waals surface area contributed by atoms with Gasteiger partial charge in [0.2, 0.25) is 5.91 Å². The molecule has 2 rings (SSSR count). The number of amides is 2. The Labute approximate surface area is 166 Å². The zero-order valence-corrected chi connectivity index (χ0v) is 16.9. The van der Waals surface area contributed by atoms with E-state index < -0.39 is 6.04 Å². The molecule has 0 saturated carbocycles. The molecule has 0 aliphatic heterocycles. The van der Waals surface area contributed by atoms with Crippen LogP contribution in [0.15, 0.2) is 54.6 Å². The molecule has 2 aromatic carbocycles. The fraction of sp³-hybridized carbons (Fsp3) is 0.364. The third kappa shape index (κ3) is 7.10. The van der Waals surface area contributed by atoms with Crippen LogP contribution in [0.2, 0.25) is 0 Å². The average molecular weight is 385 g/mol. The van der Waals surface area contributed by atoms with Crippen LogP contribution in [0.3, 0.4) is 0 Å². The van der Waals surface area contributed by atoms with E-state index in [0.29, 0.717) is 18.5 Å². The number of carbonyl (C=O) groups excluding carboxylic acids is 2. The van der Waals surface area contributed by atoms with Crippen LogP contribution in [0.1, 0.15) is 34.8 Å². The monoisotopic (exact) mass is 384 g/mol.